The first-order valence-corrected chi connectivity index (χ1v) is 10.8. The number of carbonyl (C=O) groups excluding carboxylic acids is 1. The Kier molecular flexibility index (Phi) is 6.08. The van der Waals surface area contributed by atoms with E-state index in [2.05, 4.69) is 39.3 Å². The molecular weight excluding hydrogens is 412 g/mol. The molecule has 2 aromatic heterocycles. The summed E-state index contributed by atoms with van der Waals surface area (Å²) in [5.74, 6) is 1.09. The van der Waals surface area contributed by atoms with Crippen LogP contribution in [0.3, 0.4) is 0 Å². The lowest BCUT2D eigenvalue weighted by Gasteiger charge is -2.10. The number of esters is 1. The van der Waals surface area contributed by atoms with E-state index < -0.39 is 5.97 Å². The van der Waals surface area contributed by atoms with E-state index in [-0.39, 0.29) is 12.2 Å². The van der Waals surface area contributed by atoms with Gasteiger partial charge in [-0.1, -0.05) is 24.3 Å². The first kappa shape index (κ1) is 20.7. The first-order chi connectivity index (χ1) is 15.1. The average Bonchev–Trinajstić information content (AvgIpc) is 3.20. The van der Waals surface area contributed by atoms with Gasteiger partial charge >= 0.3 is 5.97 Å². The Bertz CT molecular complexity index is 1220. The highest BCUT2D eigenvalue weighted by molar-refractivity contribution is 7.22. The van der Waals surface area contributed by atoms with Gasteiger partial charge in [0.2, 0.25) is 0 Å². The minimum absolute atomic E-state index is 0.257. The molecule has 0 aliphatic carbocycles. The molecule has 2 heterocycles. The number of aryl methyl sites for hydroxylation is 1. The fourth-order valence-corrected chi connectivity index (χ4v) is 3.99. The number of nitrogens with one attached hydrogen (secondary N) is 1. The van der Waals surface area contributed by atoms with Crippen LogP contribution in [0.2, 0.25) is 0 Å². The number of hydrogen-bond acceptors (Lipinski definition) is 8. The Hall–Kier alpha value is -3.52. The van der Waals surface area contributed by atoms with Gasteiger partial charge in [0, 0.05) is 11.8 Å². The van der Waals surface area contributed by atoms with Crippen LogP contribution >= 0.6 is 11.3 Å². The summed E-state index contributed by atoms with van der Waals surface area (Å²) in [5, 5.41) is 3.85. The van der Waals surface area contributed by atoms with Gasteiger partial charge in [-0.3, -0.25) is 0 Å². The van der Waals surface area contributed by atoms with Crippen molar-refractivity contribution < 1.29 is 14.3 Å². The van der Waals surface area contributed by atoms with E-state index >= 15 is 0 Å². The molecule has 0 aliphatic heterocycles. The topological polar surface area (TPSA) is 86.2 Å². The van der Waals surface area contributed by atoms with Gasteiger partial charge < -0.3 is 14.8 Å². The highest BCUT2D eigenvalue weighted by atomic mass is 32.1. The molecule has 0 amide bonds. The third-order valence-corrected chi connectivity index (χ3v) is 5.65. The van der Waals surface area contributed by atoms with Crippen molar-refractivity contribution in [2.75, 3.05) is 19.0 Å². The van der Waals surface area contributed by atoms with Gasteiger partial charge in [0.1, 0.15) is 11.3 Å². The van der Waals surface area contributed by atoms with Crippen LogP contribution in [0, 0.1) is 0 Å². The van der Waals surface area contributed by atoms with Gasteiger partial charge in [-0.25, -0.2) is 19.7 Å². The smallest absolute Gasteiger partial charge is 0.343 e. The predicted octanol–water partition coefficient (Wildman–Crippen LogP) is 5.24. The number of benzene rings is 2. The molecule has 0 saturated heterocycles. The molecule has 0 spiro atoms. The minimum Gasteiger partial charge on any atom is -0.497 e. The second kappa shape index (κ2) is 9.09. The summed E-state index contributed by atoms with van der Waals surface area (Å²) in [4.78, 5) is 26.1. The Morgan fingerprint density at radius 3 is 2.61 bits per heavy atom. The SMILES string of the molecule is CCOC(=O)c1cnc(-c2ccc(OC)cc2)nc1Nc1nc2ccc(CC)cc2s1. The number of anilines is 2. The maximum absolute atomic E-state index is 12.5. The Morgan fingerprint density at radius 1 is 1.10 bits per heavy atom. The van der Waals surface area contributed by atoms with Crippen LogP contribution in [0.1, 0.15) is 29.8 Å². The largest absolute Gasteiger partial charge is 0.497 e. The molecule has 4 rings (SSSR count). The fourth-order valence-electron chi connectivity index (χ4n) is 3.06. The van der Waals surface area contributed by atoms with Crippen LogP contribution in [0.5, 0.6) is 5.75 Å². The van der Waals surface area contributed by atoms with E-state index in [1.165, 1.54) is 23.1 Å². The third-order valence-electron chi connectivity index (χ3n) is 4.72. The zero-order valence-electron chi connectivity index (χ0n) is 17.5. The van der Waals surface area contributed by atoms with Crippen molar-refractivity contribution in [1.82, 2.24) is 15.0 Å². The van der Waals surface area contributed by atoms with E-state index in [1.807, 2.05) is 30.3 Å². The molecule has 4 aromatic rings. The van der Waals surface area contributed by atoms with Crippen molar-refractivity contribution >= 4 is 38.5 Å². The summed E-state index contributed by atoms with van der Waals surface area (Å²) >= 11 is 1.51. The maximum atomic E-state index is 12.5. The molecule has 31 heavy (non-hydrogen) atoms. The van der Waals surface area contributed by atoms with Crippen molar-refractivity contribution in [2.24, 2.45) is 0 Å². The van der Waals surface area contributed by atoms with Crippen molar-refractivity contribution in [2.45, 2.75) is 20.3 Å². The molecule has 0 saturated carbocycles. The van der Waals surface area contributed by atoms with Gasteiger partial charge in [0.25, 0.3) is 0 Å². The number of rotatable bonds is 7. The lowest BCUT2D eigenvalue weighted by atomic mass is 10.2. The number of fused-ring (bicyclic) bond motifs is 1. The van der Waals surface area contributed by atoms with E-state index in [1.54, 1.807) is 14.0 Å². The highest BCUT2D eigenvalue weighted by Gasteiger charge is 2.18. The number of aromatic nitrogens is 3. The predicted molar refractivity (Wildman–Crippen MR) is 122 cm³/mol. The second-order valence-corrected chi connectivity index (χ2v) is 7.74. The molecule has 1 N–H and O–H groups in total. The molecule has 0 radical (unpaired) electrons. The van der Waals surface area contributed by atoms with Crippen LogP contribution in [-0.2, 0) is 11.2 Å². The van der Waals surface area contributed by atoms with Crippen LogP contribution in [0.15, 0.2) is 48.7 Å². The first-order valence-electron chi connectivity index (χ1n) is 9.96. The lowest BCUT2D eigenvalue weighted by molar-refractivity contribution is 0.0526. The number of thiazole rings is 1. The monoisotopic (exact) mass is 434 g/mol. The normalized spacial score (nSPS) is 10.8. The van der Waals surface area contributed by atoms with Crippen molar-refractivity contribution in [1.29, 1.82) is 0 Å². The Labute approximate surface area is 184 Å². The molecule has 2 aromatic carbocycles. The van der Waals surface area contributed by atoms with E-state index in [4.69, 9.17) is 9.47 Å². The molecule has 0 bridgehead atoms. The summed E-state index contributed by atoms with van der Waals surface area (Å²) in [5.41, 5.74) is 3.20. The second-order valence-electron chi connectivity index (χ2n) is 6.70. The zero-order valence-corrected chi connectivity index (χ0v) is 18.3. The van der Waals surface area contributed by atoms with Crippen molar-refractivity contribution in [3.63, 3.8) is 0 Å². The van der Waals surface area contributed by atoms with Gasteiger partial charge in [-0.15, -0.1) is 0 Å². The van der Waals surface area contributed by atoms with Crippen molar-refractivity contribution in [3.8, 4) is 17.1 Å². The quantitative estimate of drug-likeness (QED) is 0.398. The molecule has 0 fully saturated rings. The maximum Gasteiger partial charge on any atom is 0.343 e. The number of nitrogens with zero attached hydrogens (tertiary/aromatic N) is 3. The highest BCUT2D eigenvalue weighted by Crippen LogP contribution is 2.31. The number of carbonyl (C=O) groups is 1. The van der Waals surface area contributed by atoms with Crippen LogP contribution < -0.4 is 10.1 Å². The van der Waals surface area contributed by atoms with Crippen LogP contribution in [0.25, 0.3) is 21.6 Å². The molecule has 7 nitrogen and oxygen atoms in total. The third kappa shape index (κ3) is 4.49. The van der Waals surface area contributed by atoms with Gasteiger partial charge in [-0.05, 0) is 55.3 Å². The lowest BCUT2D eigenvalue weighted by Crippen LogP contribution is -2.11. The molecule has 0 aliphatic rings. The van der Waals surface area contributed by atoms with E-state index in [0.29, 0.717) is 16.8 Å². The fraction of sp³-hybridized carbons (Fsp3) is 0.217. The Balaban J connectivity index is 1.72. The van der Waals surface area contributed by atoms with Crippen LogP contribution in [0.4, 0.5) is 10.9 Å². The van der Waals surface area contributed by atoms with E-state index in [0.717, 1.165) is 28.0 Å². The van der Waals surface area contributed by atoms with Crippen molar-refractivity contribution in [3.05, 3.63) is 59.8 Å². The van der Waals surface area contributed by atoms with Gasteiger partial charge in [0.15, 0.2) is 16.8 Å². The van der Waals surface area contributed by atoms with E-state index in [9.17, 15) is 4.79 Å². The zero-order chi connectivity index (χ0) is 21.8. The standard InChI is InChI=1S/C23H22N4O3S/c1-4-14-6-11-18-19(12-14)31-23(25-18)27-21-17(22(28)30-5-2)13-24-20(26-21)15-7-9-16(29-3)10-8-15/h6-13H,4-5H2,1-3H3,(H,24,25,26,27). The molecule has 0 atom stereocenters. The summed E-state index contributed by atoms with van der Waals surface area (Å²) < 4.78 is 11.5. The summed E-state index contributed by atoms with van der Waals surface area (Å²) in [7, 11) is 1.61. The summed E-state index contributed by atoms with van der Waals surface area (Å²) in [6.07, 6.45) is 2.44. The molecular formula is C23H22N4O3S. The number of methoxy groups -OCH3 is 1. The summed E-state index contributed by atoms with van der Waals surface area (Å²) in [6.45, 7) is 4.14. The summed E-state index contributed by atoms with van der Waals surface area (Å²) in [6, 6.07) is 13.6. The molecule has 8 heteroatoms. The van der Waals surface area contributed by atoms with Gasteiger partial charge in [-0.2, -0.15) is 0 Å². The van der Waals surface area contributed by atoms with Gasteiger partial charge in [0.05, 0.1) is 23.9 Å². The minimum atomic E-state index is -0.485. The Morgan fingerprint density at radius 2 is 1.90 bits per heavy atom. The molecule has 0 unspecified atom stereocenters. The number of ether oxygens (including phenoxy) is 2. The molecule has 158 valence electrons. The van der Waals surface area contributed by atoms with Crippen LogP contribution in [-0.4, -0.2) is 34.6 Å². The average molecular weight is 435 g/mol. The number of hydrogen-bond donors (Lipinski definition) is 1.